The summed E-state index contributed by atoms with van der Waals surface area (Å²) in [6.07, 6.45) is 0.839. The third-order valence-corrected chi connectivity index (χ3v) is 11.1. The van der Waals surface area contributed by atoms with Gasteiger partial charge in [0, 0.05) is 20.9 Å². The van der Waals surface area contributed by atoms with Crippen LogP contribution < -0.4 is 27.0 Å². The van der Waals surface area contributed by atoms with E-state index in [2.05, 4.69) is 21.3 Å². The van der Waals surface area contributed by atoms with Crippen molar-refractivity contribution in [1.29, 1.82) is 0 Å². The first-order valence-electron chi connectivity index (χ1n) is 15.4. The van der Waals surface area contributed by atoms with Crippen molar-refractivity contribution < 1.29 is 34.2 Å². The Hall–Kier alpha value is -3.46. The number of hydrogen-bond acceptors (Lipinski definition) is 9. The van der Waals surface area contributed by atoms with E-state index in [1.807, 2.05) is 13.8 Å². The molecular weight excluding hydrogens is 678 g/mol. The molecule has 48 heavy (non-hydrogen) atoms. The first kappa shape index (κ1) is 39.0. The minimum absolute atomic E-state index is 0.0316. The van der Waals surface area contributed by atoms with Crippen molar-refractivity contribution in [3.05, 3.63) is 64.7 Å². The lowest BCUT2D eigenvalue weighted by Crippen LogP contribution is -2.61. The fraction of sp³-hybridized carbons (Fsp3) is 0.485. The second kappa shape index (κ2) is 17.3. The average Bonchev–Trinajstić information content (AvgIpc) is 3.01. The quantitative estimate of drug-likeness (QED) is 0.223. The standard InChI is InChI=1S/C33H44ClN5O7S2/c1-32(2)26(38-28(42)23(35)16-19-8-12-22(40)13-9-19)30(44)36-18-25(41)37-24(17-20-6-10-21(34)11-7-20)29(43)39-27(31(45)46)33(3,4)48-15-5-14-47-32/h6-13,23-24,26-27,40H,5,14-18,35H2,1-4H3,(H,36,44)(H,37,41)(H,38,42)(H,39,43)(H,45,46)/t23-,24-,26-,27-/m0/s1. The average molecular weight is 722 g/mol. The third kappa shape index (κ3) is 11.6. The van der Waals surface area contributed by atoms with Gasteiger partial charge >= 0.3 is 5.97 Å². The van der Waals surface area contributed by atoms with Gasteiger partial charge in [0.2, 0.25) is 23.6 Å². The lowest BCUT2D eigenvalue weighted by atomic mass is 10.00. The van der Waals surface area contributed by atoms with Crippen LogP contribution >= 0.6 is 35.1 Å². The van der Waals surface area contributed by atoms with E-state index in [4.69, 9.17) is 17.3 Å². The normalized spacial score (nSPS) is 23.0. The number of carbonyl (C=O) groups is 5. The zero-order chi connectivity index (χ0) is 35.6. The van der Waals surface area contributed by atoms with Crippen molar-refractivity contribution in [2.45, 2.75) is 80.6 Å². The molecule has 262 valence electrons. The van der Waals surface area contributed by atoms with Gasteiger partial charge < -0.3 is 37.2 Å². The Balaban J connectivity index is 1.86. The van der Waals surface area contributed by atoms with E-state index in [9.17, 15) is 34.2 Å². The van der Waals surface area contributed by atoms with Crippen LogP contribution in [-0.2, 0) is 36.8 Å². The number of carboxylic acid groups (broad SMARTS) is 1. The molecule has 2 aromatic rings. The monoisotopic (exact) mass is 721 g/mol. The number of amides is 4. The van der Waals surface area contributed by atoms with Crippen LogP contribution in [0.25, 0.3) is 0 Å². The predicted molar refractivity (Wildman–Crippen MR) is 189 cm³/mol. The second-order valence-electron chi connectivity index (χ2n) is 12.6. The highest BCUT2D eigenvalue weighted by molar-refractivity contribution is 8.01. The predicted octanol–water partition coefficient (Wildman–Crippen LogP) is 2.24. The Labute approximate surface area is 294 Å². The summed E-state index contributed by atoms with van der Waals surface area (Å²) >= 11 is 8.85. The van der Waals surface area contributed by atoms with Crippen LogP contribution in [0, 0.1) is 0 Å². The number of aromatic hydroxyl groups is 1. The number of thioether (sulfide) groups is 2. The summed E-state index contributed by atoms with van der Waals surface area (Å²) in [6.45, 7) is 6.59. The second-order valence-corrected chi connectivity index (χ2v) is 16.6. The summed E-state index contributed by atoms with van der Waals surface area (Å²) < 4.78 is -1.76. The van der Waals surface area contributed by atoms with Gasteiger partial charge in [-0.1, -0.05) is 35.9 Å². The molecule has 1 heterocycles. The molecule has 3 rings (SSSR count). The van der Waals surface area contributed by atoms with Gasteiger partial charge in [0.15, 0.2) is 0 Å². The van der Waals surface area contributed by atoms with E-state index >= 15 is 0 Å². The maximum atomic E-state index is 13.6. The number of phenols is 1. The zero-order valence-corrected chi connectivity index (χ0v) is 29.8. The van der Waals surface area contributed by atoms with Crippen molar-refractivity contribution in [2.24, 2.45) is 5.73 Å². The Morgan fingerprint density at radius 2 is 1.52 bits per heavy atom. The summed E-state index contributed by atoms with van der Waals surface area (Å²) in [7, 11) is 0. The number of carboxylic acids is 1. The van der Waals surface area contributed by atoms with Gasteiger partial charge in [0.1, 0.15) is 23.9 Å². The van der Waals surface area contributed by atoms with Gasteiger partial charge in [-0.15, -0.1) is 0 Å². The topological polar surface area (TPSA) is 200 Å². The molecule has 2 aromatic carbocycles. The molecule has 4 amide bonds. The van der Waals surface area contributed by atoms with E-state index in [0.29, 0.717) is 28.5 Å². The molecule has 15 heteroatoms. The van der Waals surface area contributed by atoms with Gasteiger partial charge in [-0.05, 0) is 87.4 Å². The van der Waals surface area contributed by atoms with E-state index in [-0.39, 0.29) is 18.6 Å². The zero-order valence-electron chi connectivity index (χ0n) is 27.4. The Morgan fingerprint density at radius 3 is 2.12 bits per heavy atom. The Bertz CT molecular complexity index is 1460. The molecule has 12 nitrogen and oxygen atoms in total. The first-order chi connectivity index (χ1) is 22.5. The number of carbonyl (C=O) groups excluding carboxylic acids is 4. The highest BCUT2D eigenvalue weighted by Gasteiger charge is 2.40. The Morgan fingerprint density at radius 1 is 0.938 bits per heavy atom. The van der Waals surface area contributed by atoms with E-state index in [1.54, 1.807) is 50.2 Å². The largest absolute Gasteiger partial charge is 0.508 e. The smallest absolute Gasteiger partial charge is 0.327 e. The highest BCUT2D eigenvalue weighted by atomic mass is 35.5. The molecule has 0 saturated carbocycles. The Kier molecular flexibility index (Phi) is 14.0. The van der Waals surface area contributed by atoms with E-state index in [0.717, 1.165) is 5.56 Å². The van der Waals surface area contributed by atoms with Crippen molar-refractivity contribution >= 4 is 64.7 Å². The number of nitrogens with one attached hydrogen (secondary N) is 4. The molecule has 0 radical (unpaired) electrons. The van der Waals surface area contributed by atoms with Crippen LogP contribution in [-0.4, -0.2) is 91.5 Å². The molecule has 0 bridgehead atoms. The van der Waals surface area contributed by atoms with Gasteiger partial charge in [-0.2, -0.15) is 23.5 Å². The minimum atomic E-state index is -1.26. The van der Waals surface area contributed by atoms with Crippen molar-refractivity contribution in [3.63, 3.8) is 0 Å². The number of halogens is 1. The number of rotatable bonds is 7. The molecule has 8 N–H and O–H groups in total. The highest BCUT2D eigenvalue weighted by Crippen LogP contribution is 2.33. The number of phenolic OH excluding ortho intramolecular Hbond substituents is 1. The molecule has 1 aliphatic heterocycles. The van der Waals surface area contributed by atoms with Crippen LogP contribution in [0.3, 0.4) is 0 Å². The molecule has 0 spiro atoms. The molecule has 0 aliphatic carbocycles. The molecule has 1 fully saturated rings. The van der Waals surface area contributed by atoms with Gasteiger partial charge in [-0.25, -0.2) is 4.79 Å². The van der Waals surface area contributed by atoms with Crippen molar-refractivity contribution in [1.82, 2.24) is 21.3 Å². The molecule has 1 saturated heterocycles. The van der Waals surface area contributed by atoms with Gasteiger partial charge in [-0.3, -0.25) is 19.2 Å². The maximum Gasteiger partial charge on any atom is 0.327 e. The fourth-order valence-corrected chi connectivity index (χ4v) is 7.63. The summed E-state index contributed by atoms with van der Waals surface area (Å²) in [4.78, 5) is 65.9. The first-order valence-corrected chi connectivity index (χ1v) is 17.8. The van der Waals surface area contributed by atoms with Gasteiger partial charge in [0.05, 0.1) is 12.6 Å². The van der Waals surface area contributed by atoms with Crippen LogP contribution in [0.15, 0.2) is 48.5 Å². The minimum Gasteiger partial charge on any atom is -0.508 e. The number of nitrogens with two attached hydrogens (primary N) is 1. The number of aliphatic carboxylic acids is 1. The number of benzene rings is 2. The van der Waals surface area contributed by atoms with Crippen molar-refractivity contribution in [3.8, 4) is 5.75 Å². The van der Waals surface area contributed by atoms with E-state index < -0.39 is 69.8 Å². The third-order valence-electron chi connectivity index (χ3n) is 7.87. The van der Waals surface area contributed by atoms with Crippen LogP contribution in [0.5, 0.6) is 5.75 Å². The molecular formula is C33H44ClN5O7S2. The van der Waals surface area contributed by atoms with E-state index in [1.165, 1.54) is 35.7 Å². The maximum absolute atomic E-state index is 13.6. The lowest BCUT2D eigenvalue weighted by Gasteiger charge is -2.34. The number of hydrogen-bond donors (Lipinski definition) is 7. The van der Waals surface area contributed by atoms with Crippen LogP contribution in [0.4, 0.5) is 0 Å². The van der Waals surface area contributed by atoms with Crippen LogP contribution in [0.1, 0.15) is 45.2 Å². The van der Waals surface area contributed by atoms with Gasteiger partial charge in [0.25, 0.3) is 0 Å². The summed E-state index contributed by atoms with van der Waals surface area (Å²) in [5.74, 6) is -2.56. The van der Waals surface area contributed by atoms with Crippen LogP contribution in [0.2, 0.25) is 5.02 Å². The molecule has 0 unspecified atom stereocenters. The fourth-order valence-electron chi connectivity index (χ4n) is 5.04. The summed E-state index contributed by atoms with van der Waals surface area (Å²) in [5.41, 5.74) is 7.60. The molecule has 1 aliphatic rings. The lowest BCUT2D eigenvalue weighted by molar-refractivity contribution is -0.143. The SMILES string of the molecule is CC1(C)SCCCSC(C)(C)[C@@H](NC(=O)[C@@H](N)Cc2ccc(O)cc2)C(=O)NCC(=O)N[C@@H](Cc2ccc(Cl)cc2)C(=O)N[C@H]1C(=O)O. The van der Waals surface area contributed by atoms with Crippen molar-refractivity contribution in [2.75, 3.05) is 18.1 Å². The summed E-state index contributed by atoms with van der Waals surface area (Å²) in [5, 5.41) is 30.7. The summed E-state index contributed by atoms with van der Waals surface area (Å²) in [6, 6.07) is 8.45. The molecule has 0 aromatic heterocycles. The molecule has 4 atom stereocenters.